The van der Waals surface area contributed by atoms with Crippen molar-refractivity contribution in [1.29, 1.82) is 0 Å². The van der Waals surface area contributed by atoms with Crippen LogP contribution >= 0.6 is 12.6 Å². The van der Waals surface area contributed by atoms with Crippen molar-refractivity contribution >= 4 is 22.1 Å². The minimum atomic E-state index is -0.0797. The predicted octanol–water partition coefficient (Wildman–Crippen LogP) is 1.29. The summed E-state index contributed by atoms with van der Waals surface area (Å²) >= 11 is 7.67. The average Bonchev–Trinajstić information content (AvgIpc) is 2.06. The zero-order chi connectivity index (χ0) is 8.86. The molecule has 1 unspecified atom stereocenters. The molecule has 0 aromatic rings. The van der Waals surface area contributed by atoms with Gasteiger partial charge in [-0.15, -0.1) is 0 Å². The number of ether oxygens (including phenoxy) is 1. The van der Waals surface area contributed by atoms with Crippen LogP contribution in [0.3, 0.4) is 0 Å². The van der Waals surface area contributed by atoms with Gasteiger partial charge < -0.3 is 0 Å². The maximum atomic E-state index is 5.78. The van der Waals surface area contributed by atoms with E-state index < -0.39 is 0 Å². The molecule has 1 aliphatic rings. The zero-order valence-corrected chi connectivity index (χ0v) is 11.2. The summed E-state index contributed by atoms with van der Waals surface area (Å²) in [6.07, 6.45) is 5.10. The van der Waals surface area contributed by atoms with Gasteiger partial charge in [-0.1, -0.05) is 0 Å². The van der Waals surface area contributed by atoms with Crippen LogP contribution in [-0.2, 0) is 23.9 Å². The van der Waals surface area contributed by atoms with Gasteiger partial charge in [-0.05, 0) is 0 Å². The van der Waals surface area contributed by atoms with Crippen molar-refractivity contribution in [1.82, 2.24) is 0 Å². The third-order valence-corrected chi connectivity index (χ3v) is 6.45. The Morgan fingerprint density at radius 1 is 1.50 bits per heavy atom. The van der Waals surface area contributed by atoms with Crippen molar-refractivity contribution < 1.29 is 23.9 Å². The second-order valence-corrected chi connectivity index (χ2v) is 8.50. The molecule has 0 aromatic carbocycles. The summed E-state index contributed by atoms with van der Waals surface area (Å²) < 4.78 is 5.97. The van der Waals surface area contributed by atoms with Crippen LogP contribution in [0.15, 0.2) is 0 Å². The first-order valence-electron chi connectivity index (χ1n) is 4.67. The Kier molecular flexibility index (Phi) is 5.47. The second kappa shape index (κ2) is 5.82. The molecule has 1 heterocycles. The summed E-state index contributed by atoms with van der Waals surface area (Å²) in [6, 6.07) is 1.37. The van der Waals surface area contributed by atoms with Gasteiger partial charge in [-0.25, -0.2) is 0 Å². The number of thiol groups is 1. The van der Waals surface area contributed by atoms with Crippen molar-refractivity contribution in [3.05, 3.63) is 0 Å². The molecule has 1 rings (SSSR count). The van der Waals surface area contributed by atoms with Crippen molar-refractivity contribution in [2.75, 3.05) is 12.4 Å². The van der Waals surface area contributed by atoms with Gasteiger partial charge in [0.25, 0.3) is 0 Å². The van der Waals surface area contributed by atoms with Crippen LogP contribution < -0.4 is 0 Å². The standard InChI is InChI=1S/C8H17OSSi.Pd/c10-6-3-7-11-8-4-1-2-5-9-8;/h10H,1-7,11H2;. The summed E-state index contributed by atoms with van der Waals surface area (Å²) in [4.78, 5) is 0. The first kappa shape index (κ1) is 11.3. The van der Waals surface area contributed by atoms with Crippen molar-refractivity contribution in [2.24, 2.45) is 0 Å². The van der Waals surface area contributed by atoms with E-state index in [9.17, 15) is 0 Å². The van der Waals surface area contributed by atoms with Gasteiger partial charge in [0, 0.05) is 0 Å². The molecule has 0 saturated carbocycles. The molecule has 0 aliphatic carbocycles. The molecule has 1 fully saturated rings. The molecule has 12 heavy (non-hydrogen) atoms. The molecular formula is C8H17OPdSSi. The van der Waals surface area contributed by atoms with Gasteiger partial charge in [-0.2, -0.15) is 0 Å². The molecular weight excluding hydrogens is 279 g/mol. The number of rotatable bonds is 4. The summed E-state index contributed by atoms with van der Waals surface area (Å²) in [5, 5.41) is 0. The van der Waals surface area contributed by atoms with Gasteiger partial charge in [0.05, 0.1) is 0 Å². The Hall–Kier alpha value is 1.19. The molecule has 1 saturated heterocycles. The molecule has 0 aromatic heterocycles. The summed E-state index contributed by atoms with van der Waals surface area (Å²) in [5.74, 6) is 1.03. The van der Waals surface area contributed by atoms with Crippen molar-refractivity contribution in [2.45, 2.75) is 35.4 Å². The Morgan fingerprint density at radius 3 is 2.92 bits per heavy atom. The Bertz CT molecular complexity index is 128. The van der Waals surface area contributed by atoms with Crippen molar-refractivity contribution in [3.8, 4) is 0 Å². The van der Waals surface area contributed by atoms with Crippen molar-refractivity contribution in [3.63, 3.8) is 0 Å². The molecule has 0 bridgehead atoms. The van der Waals surface area contributed by atoms with Gasteiger partial charge >= 0.3 is 93.9 Å². The second-order valence-electron chi connectivity index (χ2n) is 3.31. The molecule has 1 atom stereocenters. The Balaban J connectivity index is 2.17. The van der Waals surface area contributed by atoms with E-state index in [0.29, 0.717) is 0 Å². The van der Waals surface area contributed by atoms with E-state index in [1.165, 1.54) is 31.7 Å². The molecule has 1 aliphatic heterocycles. The van der Waals surface area contributed by atoms with Crippen LogP contribution in [-0.4, -0.2) is 25.6 Å². The van der Waals surface area contributed by atoms with Crippen LogP contribution in [0.2, 0.25) is 6.04 Å². The normalized spacial score (nSPS) is 31.6. The summed E-state index contributed by atoms with van der Waals surface area (Å²) in [6.45, 7) is 0.967. The zero-order valence-electron chi connectivity index (χ0n) is 7.33. The molecule has 0 N–H and O–H groups in total. The molecule has 0 amide bonds. The Labute approximate surface area is 93.7 Å². The van der Waals surface area contributed by atoms with Gasteiger partial charge in [0.2, 0.25) is 0 Å². The van der Waals surface area contributed by atoms with Gasteiger partial charge in [0.1, 0.15) is 0 Å². The molecule has 75 valence electrons. The van der Waals surface area contributed by atoms with E-state index in [1.54, 1.807) is 0 Å². The van der Waals surface area contributed by atoms with Crippen LogP contribution in [0.5, 0.6) is 0 Å². The van der Waals surface area contributed by atoms with Crippen LogP contribution in [0.1, 0.15) is 25.7 Å². The topological polar surface area (TPSA) is 9.23 Å². The van der Waals surface area contributed by atoms with Crippen LogP contribution in [0, 0.1) is 0 Å². The summed E-state index contributed by atoms with van der Waals surface area (Å²) in [7, 11) is -0.0797. The fraction of sp³-hybridized carbons (Fsp3) is 1.00. The number of hydrogen-bond donors (Lipinski definition) is 1. The summed E-state index contributed by atoms with van der Waals surface area (Å²) in [5.41, 5.74) is 0. The van der Waals surface area contributed by atoms with E-state index >= 15 is 0 Å². The van der Waals surface area contributed by atoms with E-state index in [-0.39, 0.29) is 13.2 Å². The minimum absolute atomic E-state index is 0.0797. The molecule has 0 spiro atoms. The Morgan fingerprint density at radius 2 is 2.33 bits per heavy atom. The monoisotopic (exact) mass is 295 g/mol. The van der Waals surface area contributed by atoms with E-state index in [4.69, 9.17) is 4.74 Å². The third-order valence-electron chi connectivity index (χ3n) is 2.22. The van der Waals surface area contributed by atoms with Gasteiger partial charge in [0.15, 0.2) is 0 Å². The third kappa shape index (κ3) is 3.93. The first-order valence-corrected chi connectivity index (χ1v) is 7.79. The van der Waals surface area contributed by atoms with Crippen LogP contribution in [0.4, 0.5) is 0 Å². The van der Waals surface area contributed by atoms with Gasteiger partial charge in [-0.3, -0.25) is 0 Å². The van der Waals surface area contributed by atoms with Crippen LogP contribution in [0.25, 0.3) is 0 Å². The number of hydrogen-bond acceptors (Lipinski definition) is 2. The molecule has 0 radical (unpaired) electrons. The average molecular weight is 296 g/mol. The fourth-order valence-corrected chi connectivity index (χ4v) is 5.19. The SMILES string of the molecule is SCCC[SiH2][C]1([Pd])CCCCO1. The quantitative estimate of drug-likeness (QED) is 0.467. The maximum absolute atomic E-state index is 5.78. The molecule has 1 nitrogen and oxygen atoms in total. The van der Waals surface area contributed by atoms with E-state index in [2.05, 4.69) is 31.8 Å². The van der Waals surface area contributed by atoms with E-state index in [1.807, 2.05) is 0 Å². The first-order chi connectivity index (χ1) is 5.77. The van der Waals surface area contributed by atoms with E-state index in [0.717, 1.165) is 12.4 Å². The predicted molar refractivity (Wildman–Crippen MR) is 54.4 cm³/mol. The molecule has 4 heteroatoms. The fourth-order valence-electron chi connectivity index (χ4n) is 1.49.